The van der Waals surface area contributed by atoms with E-state index < -0.39 is 0 Å². The molecule has 0 saturated carbocycles. The average Bonchev–Trinajstić information content (AvgIpc) is 2.06. The Morgan fingerprint density at radius 2 is 2.36 bits per heavy atom. The standard InChI is InChI=1S/C7H10N4/c8-7-5-1-2-9-3-6(5)10-4-11-7/h4,9H,1-3H2,(H2,8,10,11). The van der Waals surface area contributed by atoms with Gasteiger partial charge in [-0.1, -0.05) is 0 Å². The van der Waals surface area contributed by atoms with E-state index in [4.69, 9.17) is 5.73 Å². The first-order valence-electron chi connectivity index (χ1n) is 3.67. The third kappa shape index (κ3) is 1.05. The van der Waals surface area contributed by atoms with Crippen LogP contribution in [0.1, 0.15) is 11.3 Å². The molecule has 4 heteroatoms. The Kier molecular flexibility index (Phi) is 1.47. The predicted molar refractivity (Wildman–Crippen MR) is 41.9 cm³/mol. The van der Waals surface area contributed by atoms with Gasteiger partial charge in [-0.25, -0.2) is 9.97 Å². The van der Waals surface area contributed by atoms with Gasteiger partial charge in [0, 0.05) is 12.1 Å². The summed E-state index contributed by atoms with van der Waals surface area (Å²) in [6, 6.07) is 0. The summed E-state index contributed by atoms with van der Waals surface area (Å²) < 4.78 is 0. The van der Waals surface area contributed by atoms with E-state index in [-0.39, 0.29) is 0 Å². The van der Waals surface area contributed by atoms with Gasteiger partial charge in [0.15, 0.2) is 0 Å². The molecule has 0 bridgehead atoms. The molecule has 1 aromatic heterocycles. The number of nitrogen functional groups attached to an aromatic ring is 1. The lowest BCUT2D eigenvalue weighted by Gasteiger charge is -2.15. The van der Waals surface area contributed by atoms with Gasteiger partial charge >= 0.3 is 0 Å². The molecule has 0 amide bonds. The summed E-state index contributed by atoms with van der Waals surface area (Å²) in [6.45, 7) is 1.80. The van der Waals surface area contributed by atoms with E-state index in [2.05, 4.69) is 15.3 Å². The lowest BCUT2D eigenvalue weighted by atomic mass is 10.1. The molecule has 0 saturated heterocycles. The van der Waals surface area contributed by atoms with Crippen LogP contribution in [-0.4, -0.2) is 16.5 Å². The topological polar surface area (TPSA) is 63.8 Å². The molecule has 0 aliphatic carbocycles. The number of nitrogens with zero attached hydrogens (tertiary/aromatic N) is 2. The Morgan fingerprint density at radius 3 is 3.18 bits per heavy atom. The molecule has 0 fully saturated rings. The van der Waals surface area contributed by atoms with Crippen molar-refractivity contribution in [1.29, 1.82) is 0 Å². The Labute approximate surface area is 64.8 Å². The van der Waals surface area contributed by atoms with E-state index in [1.165, 1.54) is 6.33 Å². The van der Waals surface area contributed by atoms with Crippen molar-refractivity contribution in [2.24, 2.45) is 0 Å². The van der Waals surface area contributed by atoms with E-state index in [9.17, 15) is 0 Å². The van der Waals surface area contributed by atoms with Crippen LogP contribution < -0.4 is 11.1 Å². The largest absolute Gasteiger partial charge is 0.383 e. The summed E-state index contributed by atoms with van der Waals surface area (Å²) in [7, 11) is 0. The highest BCUT2D eigenvalue weighted by Crippen LogP contribution is 2.14. The van der Waals surface area contributed by atoms with Gasteiger partial charge in [-0.05, 0) is 13.0 Å². The van der Waals surface area contributed by atoms with Crippen molar-refractivity contribution in [2.75, 3.05) is 12.3 Å². The molecule has 58 valence electrons. The summed E-state index contributed by atoms with van der Waals surface area (Å²) >= 11 is 0. The van der Waals surface area contributed by atoms with Gasteiger partial charge in [-0.3, -0.25) is 0 Å². The number of nitrogens with two attached hydrogens (primary N) is 1. The summed E-state index contributed by atoms with van der Waals surface area (Å²) in [4.78, 5) is 8.06. The lowest BCUT2D eigenvalue weighted by molar-refractivity contribution is 0.625. The number of nitrogens with one attached hydrogen (secondary N) is 1. The minimum atomic E-state index is 0.636. The Morgan fingerprint density at radius 1 is 1.45 bits per heavy atom. The third-order valence-electron chi connectivity index (χ3n) is 1.91. The summed E-state index contributed by atoms with van der Waals surface area (Å²) in [5.74, 6) is 0.636. The Hall–Kier alpha value is -1.16. The predicted octanol–water partition coefficient (Wildman–Crippen LogP) is -0.296. The third-order valence-corrected chi connectivity index (χ3v) is 1.91. The van der Waals surface area contributed by atoms with Crippen LogP contribution in [0.15, 0.2) is 6.33 Å². The zero-order chi connectivity index (χ0) is 7.68. The van der Waals surface area contributed by atoms with Crippen molar-refractivity contribution < 1.29 is 0 Å². The summed E-state index contributed by atoms with van der Waals surface area (Å²) in [5.41, 5.74) is 7.82. The Bertz CT molecular complexity index is 271. The van der Waals surface area contributed by atoms with E-state index in [1.807, 2.05) is 0 Å². The SMILES string of the molecule is Nc1ncnc2c1CCNC2. The zero-order valence-electron chi connectivity index (χ0n) is 6.17. The number of hydrogen-bond donors (Lipinski definition) is 2. The van der Waals surface area contributed by atoms with Crippen molar-refractivity contribution >= 4 is 5.82 Å². The van der Waals surface area contributed by atoms with Gasteiger partial charge in [0.2, 0.25) is 0 Å². The molecular formula is C7H10N4. The highest BCUT2D eigenvalue weighted by atomic mass is 15.0. The first-order chi connectivity index (χ1) is 5.38. The van der Waals surface area contributed by atoms with E-state index in [0.717, 1.165) is 30.8 Å². The quantitative estimate of drug-likeness (QED) is 0.533. The number of anilines is 1. The van der Waals surface area contributed by atoms with Crippen LogP contribution in [0.25, 0.3) is 0 Å². The molecule has 2 heterocycles. The second-order valence-corrected chi connectivity index (χ2v) is 2.61. The van der Waals surface area contributed by atoms with Crippen molar-refractivity contribution in [1.82, 2.24) is 15.3 Å². The van der Waals surface area contributed by atoms with Crippen molar-refractivity contribution in [3.8, 4) is 0 Å². The van der Waals surface area contributed by atoms with Crippen LogP contribution in [0.2, 0.25) is 0 Å². The smallest absolute Gasteiger partial charge is 0.130 e. The first kappa shape index (κ1) is 6.54. The molecule has 0 unspecified atom stereocenters. The van der Waals surface area contributed by atoms with Gasteiger partial charge < -0.3 is 11.1 Å². The van der Waals surface area contributed by atoms with E-state index >= 15 is 0 Å². The maximum Gasteiger partial charge on any atom is 0.130 e. The van der Waals surface area contributed by atoms with Crippen LogP contribution in [0, 0.1) is 0 Å². The summed E-state index contributed by atoms with van der Waals surface area (Å²) in [6.07, 6.45) is 2.46. The Balaban J connectivity index is 2.49. The highest BCUT2D eigenvalue weighted by molar-refractivity contribution is 5.42. The van der Waals surface area contributed by atoms with Crippen molar-refractivity contribution in [3.63, 3.8) is 0 Å². The fourth-order valence-corrected chi connectivity index (χ4v) is 1.31. The molecule has 1 aliphatic heterocycles. The molecule has 11 heavy (non-hydrogen) atoms. The van der Waals surface area contributed by atoms with Crippen LogP contribution >= 0.6 is 0 Å². The monoisotopic (exact) mass is 150 g/mol. The number of rotatable bonds is 0. The minimum absolute atomic E-state index is 0.636. The van der Waals surface area contributed by atoms with Gasteiger partial charge in [-0.15, -0.1) is 0 Å². The molecule has 0 radical (unpaired) electrons. The van der Waals surface area contributed by atoms with Crippen molar-refractivity contribution in [2.45, 2.75) is 13.0 Å². The van der Waals surface area contributed by atoms with Gasteiger partial charge in [0.05, 0.1) is 5.69 Å². The molecule has 1 aromatic rings. The average molecular weight is 150 g/mol. The normalized spacial score (nSPS) is 16.0. The number of hydrogen-bond acceptors (Lipinski definition) is 4. The first-order valence-corrected chi connectivity index (χ1v) is 3.67. The summed E-state index contributed by atoms with van der Waals surface area (Å²) in [5, 5.41) is 3.22. The number of fused-ring (bicyclic) bond motifs is 1. The number of aromatic nitrogens is 2. The van der Waals surface area contributed by atoms with Crippen LogP contribution in [0.3, 0.4) is 0 Å². The van der Waals surface area contributed by atoms with Gasteiger partial charge in [0.1, 0.15) is 12.1 Å². The molecule has 0 spiro atoms. The molecule has 0 atom stereocenters. The van der Waals surface area contributed by atoms with Crippen LogP contribution in [0.4, 0.5) is 5.82 Å². The van der Waals surface area contributed by atoms with E-state index in [0.29, 0.717) is 5.82 Å². The molecule has 2 rings (SSSR count). The fourth-order valence-electron chi connectivity index (χ4n) is 1.31. The zero-order valence-corrected chi connectivity index (χ0v) is 6.17. The molecule has 4 nitrogen and oxygen atoms in total. The minimum Gasteiger partial charge on any atom is -0.383 e. The second kappa shape index (κ2) is 2.47. The van der Waals surface area contributed by atoms with Crippen molar-refractivity contribution in [3.05, 3.63) is 17.6 Å². The van der Waals surface area contributed by atoms with E-state index in [1.54, 1.807) is 0 Å². The second-order valence-electron chi connectivity index (χ2n) is 2.61. The molecule has 0 aromatic carbocycles. The molecular weight excluding hydrogens is 140 g/mol. The maximum absolute atomic E-state index is 5.66. The van der Waals surface area contributed by atoms with Crippen LogP contribution in [-0.2, 0) is 13.0 Å². The fraction of sp³-hybridized carbons (Fsp3) is 0.429. The maximum atomic E-state index is 5.66. The lowest BCUT2D eigenvalue weighted by Crippen LogP contribution is -2.25. The van der Waals surface area contributed by atoms with Gasteiger partial charge in [-0.2, -0.15) is 0 Å². The van der Waals surface area contributed by atoms with Crippen LogP contribution in [0.5, 0.6) is 0 Å². The molecule has 3 N–H and O–H groups in total. The van der Waals surface area contributed by atoms with Gasteiger partial charge in [0.25, 0.3) is 0 Å². The highest BCUT2D eigenvalue weighted by Gasteiger charge is 2.12. The molecule has 1 aliphatic rings.